The second-order valence-corrected chi connectivity index (χ2v) is 7.87. The standard InChI is InChI=1S/C23H24N6O2/c1-17-21-20(23(31)28(24-17)16-19(30)26-12-6-3-7-13-26)22(27-14-8-9-15-27)29(25-21)18-10-4-2-5-11-18/h2,4-5,8-11,14-15H,3,6-7,12-13,16H2,1H3. The van der Waals surface area contributed by atoms with Crippen LogP contribution in [0, 0.1) is 6.92 Å². The summed E-state index contributed by atoms with van der Waals surface area (Å²) in [5, 5.41) is 9.63. The molecule has 4 aromatic rings. The molecule has 31 heavy (non-hydrogen) atoms. The van der Waals surface area contributed by atoms with Crippen LogP contribution in [0.15, 0.2) is 59.7 Å². The van der Waals surface area contributed by atoms with Crippen LogP contribution in [0.3, 0.4) is 0 Å². The molecule has 0 aliphatic carbocycles. The second-order valence-electron chi connectivity index (χ2n) is 7.87. The van der Waals surface area contributed by atoms with Gasteiger partial charge in [0.15, 0.2) is 5.82 Å². The van der Waals surface area contributed by atoms with Crippen LogP contribution in [0.1, 0.15) is 25.0 Å². The lowest BCUT2D eigenvalue weighted by Gasteiger charge is -2.26. The summed E-state index contributed by atoms with van der Waals surface area (Å²) in [5.41, 5.74) is 1.69. The van der Waals surface area contributed by atoms with E-state index in [0.29, 0.717) is 22.4 Å². The molecule has 0 atom stereocenters. The molecule has 0 saturated carbocycles. The van der Waals surface area contributed by atoms with Crippen molar-refractivity contribution < 1.29 is 4.79 Å². The van der Waals surface area contributed by atoms with E-state index in [2.05, 4.69) is 5.10 Å². The number of rotatable bonds is 4. The van der Waals surface area contributed by atoms with Crippen molar-refractivity contribution in [1.82, 2.24) is 29.0 Å². The largest absolute Gasteiger partial charge is 0.341 e. The summed E-state index contributed by atoms with van der Waals surface area (Å²) in [4.78, 5) is 28.2. The Morgan fingerprint density at radius 3 is 2.39 bits per heavy atom. The Bertz CT molecular complexity index is 1280. The number of para-hydroxylation sites is 1. The quantitative estimate of drug-likeness (QED) is 0.512. The van der Waals surface area contributed by atoms with Gasteiger partial charge in [0, 0.05) is 25.5 Å². The van der Waals surface area contributed by atoms with Crippen molar-refractivity contribution in [2.75, 3.05) is 13.1 Å². The molecular weight excluding hydrogens is 392 g/mol. The molecule has 0 radical (unpaired) electrons. The number of carbonyl (C=O) groups is 1. The molecule has 8 nitrogen and oxygen atoms in total. The summed E-state index contributed by atoms with van der Waals surface area (Å²) >= 11 is 0. The average Bonchev–Trinajstić information content (AvgIpc) is 3.46. The van der Waals surface area contributed by atoms with Crippen molar-refractivity contribution in [2.45, 2.75) is 32.7 Å². The SMILES string of the molecule is Cc1nn(CC(=O)N2CCCCC2)c(=O)c2c(-n3cccc3)n(-c3ccccc3)nc12. The maximum atomic E-state index is 13.5. The molecule has 0 bridgehead atoms. The molecule has 1 aliphatic heterocycles. The monoisotopic (exact) mass is 416 g/mol. The Hall–Kier alpha value is -3.68. The molecule has 1 aliphatic rings. The van der Waals surface area contributed by atoms with Crippen molar-refractivity contribution in [3.05, 3.63) is 70.9 Å². The van der Waals surface area contributed by atoms with Gasteiger partial charge in [-0.1, -0.05) is 18.2 Å². The minimum Gasteiger partial charge on any atom is -0.341 e. The lowest BCUT2D eigenvalue weighted by atomic mass is 10.1. The van der Waals surface area contributed by atoms with Crippen molar-refractivity contribution in [3.8, 4) is 11.5 Å². The van der Waals surface area contributed by atoms with Gasteiger partial charge in [0.05, 0.1) is 11.4 Å². The first kappa shape index (κ1) is 19.3. The minimum absolute atomic E-state index is 0.0583. The predicted molar refractivity (Wildman–Crippen MR) is 118 cm³/mol. The van der Waals surface area contributed by atoms with Crippen LogP contribution < -0.4 is 5.56 Å². The van der Waals surface area contributed by atoms with Crippen molar-refractivity contribution >= 4 is 16.8 Å². The van der Waals surface area contributed by atoms with Crippen LogP contribution in [-0.2, 0) is 11.3 Å². The highest BCUT2D eigenvalue weighted by Gasteiger charge is 2.23. The van der Waals surface area contributed by atoms with Crippen molar-refractivity contribution in [2.24, 2.45) is 0 Å². The van der Waals surface area contributed by atoms with Crippen molar-refractivity contribution in [3.63, 3.8) is 0 Å². The lowest BCUT2D eigenvalue weighted by molar-refractivity contribution is -0.133. The number of hydrogen-bond acceptors (Lipinski definition) is 4. The molecule has 1 aromatic carbocycles. The van der Waals surface area contributed by atoms with Gasteiger partial charge < -0.3 is 9.47 Å². The Morgan fingerprint density at radius 1 is 0.968 bits per heavy atom. The molecule has 158 valence electrons. The molecule has 0 N–H and O–H groups in total. The molecule has 3 aromatic heterocycles. The highest BCUT2D eigenvalue weighted by Crippen LogP contribution is 2.24. The molecule has 8 heteroatoms. The van der Waals surface area contributed by atoms with Crippen LogP contribution in [0.2, 0.25) is 0 Å². The summed E-state index contributed by atoms with van der Waals surface area (Å²) in [5.74, 6) is 0.576. The molecule has 0 spiro atoms. The number of aromatic nitrogens is 5. The number of amides is 1. The fourth-order valence-corrected chi connectivity index (χ4v) is 4.20. The first-order valence-electron chi connectivity index (χ1n) is 10.6. The van der Waals surface area contributed by atoms with E-state index in [1.165, 1.54) is 4.68 Å². The van der Waals surface area contributed by atoms with Crippen LogP contribution in [0.5, 0.6) is 0 Å². The third kappa shape index (κ3) is 3.43. The number of likely N-dealkylation sites (tertiary alicyclic amines) is 1. The summed E-state index contributed by atoms with van der Waals surface area (Å²) in [6.07, 6.45) is 6.93. The Kier molecular flexibility index (Phi) is 4.89. The summed E-state index contributed by atoms with van der Waals surface area (Å²) in [7, 11) is 0. The van der Waals surface area contributed by atoms with Crippen molar-refractivity contribution in [1.29, 1.82) is 0 Å². The number of nitrogens with zero attached hydrogens (tertiary/aromatic N) is 6. The van der Waals surface area contributed by atoms with Gasteiger partial charge in [0.1, 0.15) is 17.4 Å². The topological polar surface area (TPSA) is 78.0 Å². The molecule has 0 unspecified atom stereocenters. The first-order chi connectivity index (χ1) is 15.1. The van der Waals surface area contributed by atoms with E-state index in [4.69, 9.17) is 5.10 Å². The lowest BCUT2D eigenvalue weighted by Crippen LogP contribution is -2.40. The molecule has 4 heterocycles. The van der Waals surface area contributed by atoms with Crippen LogP contribution in [-0.4, -0.2) is 48.0 Å². The zero-order chi connectivity index (χ0) is 21.4. The van der Waals surface area contributed by atoms with E-state index in [1.807, 2.05) is 71.2 Å². The number of benzene rings is 1. The molecule has 1 amide bonds. The van der Waals surface area contributed by atoms with E-state index in [9.17, 15) is 9.59 Å². The minimum atomic E-state index is -0.308. The zero-order valence-electron chi connectivity index (χ0n) is 17.4. The Balaban J connectivity index is 1.67. The van der Waals surface area contributed by atoms with Gasteiger partial charge in [-0.05, 0) is 50.5 Å². The van der Waals surface area contributed by atoms with E-state index < -0.39 is 0 Å². The zero-order valence-corrected chi connectivity index (χ0v) is 17.4. The van der Waals surface area contributed by atoms with E-state index in [0.717, 1.165) is 38.0 Å². The maximum absolute atomic E-state index is 13.5. The second kappa shape index (κ2) is 7.86. The van der Waals surface area contributed by atoms with Gasteiger partial charge in [-0.15, -0.1) is 0 Å². The smallest absolute Gasteiger partial charge is 0.280 e. The first-order valence-corrected chi connectivity index (χ1v) is 10.6. The summed E-state index contributed by atoms with van der Waals surface area (Å²) < 4.78 is 4.93. The van der Waals surface area contributed by atoms with Crippen LogP contribution in [0.4, 0.5) is 0 Å². The van der Waals surface area contributed by atoms with Gasteiger partial charge in [-0.2, -0.15) is 10.2 Å². The molecule has 5 rings (SSSR count). The normalized spacial score (nSPS) is 14.3. The Labute approximate surface area is 179 Å². The number of carbonyl (C=O) groups excluding carboxylic acids is 1. The summed E-state index contributed by atoms with van der Waals surface area (Å²) in [6.45, 7) is 3.26. The third-order valence-electron chi connectivity index (χ3n) is 5.77. The van der Waals surface area contributed by atoms with E-state index in [-0.39, 0.29) is 18.0 Å². The number of fused-ring (bicyclic) bond motifs is 1. The number of hydrogen-bond donors (Lipinski definition) is 0. The van der Waals surface area contributed by atoms with Crippen LogP contribution in [0.25, 0.3) is 22.4 Å². The van der Waals surface area contributed by atoms with E-state index in [1.54, 1.807) is 4.68 Å². The van der Waals surface area contributed by atoms with Gasteiger partial charge in [-0.3, -0.25) is 9.59 Å². The van der Waals surface area contributed by atoms with Crippen LogP contribution >= 0.6 is 0 Å². The highest BCUT2D eigenvalue weighted by atomic mass is 16.2. The van der Waals surface area contributed by atoms with Gasteiger partial charge >= 0.3 is 0 Å². The predicted octanol–water partition coefficient (Wildman–Crippen LogP) is 2.69. The summed E-state index contributed by atoms with van der Waals surface area (Å²) in [6, 6.07) is 13.5. The van der Waals surface area contributed by atoms with Gasteiger partial charge in [0.2, 0.25) is 5.91 Å². The molecule has 1 saturated heterocycles. The van der Waals surface area contributed by atoms with E-state index >= 15 is 0 Å². The number of aryl methyl sites for hydroxylation is 1. The number of piperidine rings is 1. The average molecular weight is 416 g/mol. The third-order valence-corrected chi connectivity index (χ3v) is 5.77. The fourth-order valence-electron chi connectivity index (χ4n) is 4.20. The maximum Gasteiger partial charge on any atom is 0.280 e. The Morgan fingerprint density at radius 2 is 1.68 bits per heavy atom. The fraction of sp³-hybridized carbons (Fsp3) is 0.304. The molecule has 1 fully saturated rings. The van der Waals surface area contributed by atoms with Gasteiger partial charge in [0.25, 0.3) is 5.56 Å². The molecular formula is C23H24N6O2. The van der Waals surface area contributed by atoms with Gasteiger partial charge in [-0.25, -0.2) is 9.36 Å². The highest BCUT2D eigenvalue weighted by molar-refractivity contribution is 5.88.